The van der Waals surface area contributed by atoms with E-state index in [1.54, 1.807) is 25.1 Å². The highest BCUT2D eigenvalue weighted by atomic mass is 32.2. The number of nitrogens with zero attached hydrogens (tertiary/aromatic N) is 2. The predicted molar refractivity (Wildman–Crippen MR) is 129 cm³/mol. The molecule has 4 rings (SSSR count). The fourth-order valence-corrected chi connectivity index (χ4v) is 7.03. The van der Waals surface area contributed by atoms with Gasteiger partial charge in [-0.2, -0.15) is 4.31 Å². The SMILES string of the molecule is CCS(=O)(=O)N1CCCc2cc(NC(=O)c3ccc(S(=O)(=O)N4CCCCC4)cc3)ccc21. The number of rotatable bonds is 6. The Labute approximate surface area is 195 Å². The van der Waals surface area contributed by atoms with Crippen molar-refractivity contribution in [1.29, 1.82) is 0 Å². The van der Waals surface area contributed by atoms with Crippen LogP contribution in [0.3, 0.4) is 0 Å². The second-order valence-corrected chi connectivity index (χ2v) is 12.5. The predicted octanol–water partition coefficient (Wildman–Crippen LogP) is 3.22. The van der Waals surface area contributed by atoms with Crippen LogP contribution in [0.25, 0.3) is 0 Å². The van der Waals surface area contributed by atoms with Crippen LogP contribution in [-0.2, 0) is 26.5 Å². The number of hydrogen-bond acceptors (Lipinski definition) is 5. The van der Waals surface area contributed by atoms with E-state index in [0.717, 1.165) is 37.7 Å². The Hall–Kier alpha value is -2.43. The van der Waals surface area contributed by atoms with Gasteiger partial charge in [0.1, 0.15) is 0 Å². The van der Waals surface area contributed by atoms with E-state index < -0.39 is 20.0 Å². The summed E-state index contributed by atoms with van der Waals surface area (Å²) in [5.41, 5.74) is 2.45. The minimum Gasteiger partial charge on any atom is -0.322 e. The Bertz CT molecular complexity index is 1240. The fourth-order valence-electron chi connectivity index (χ4n) is 4.32. The van der Waals surface area contributed by atoms with Gasteiger partial charge in [0, 0.05) is 30.9 Å². The lowest BCUT2D eigenvalue weighted by Gasteiger charge is -2.30. The van der Waals surface area contributed by atoms with Gasteiger partial charge in [-0.3, -0.25) is 9.10 Å². The van der Waals surface area contributed by atoms with Crippen molar-refractivity contribution in [2.45, 2.75) is 43.9 Å². The van der Waals surface area contributed by atoms with E-state index >= 15 is 0 Å². The summed E-state index contributed by atoms with van der Waals surface area (Å²) in [5, 5.41) is 2.83. The third-order valence-electron chi connectivity index (χ3n) is 6.18. The monoisotopic (exact) mass is 491 g/mol. The lowest BCUT2D eigenvalue weighted by atomic mass is 10.0. The molecule has 2 aliphatic heterocycles. The molecule has 0 radical (unpaired) electrons. The molecule has 0 atom stereocenters. The Balaban J connectivity index is 1.49. The molecule has 0 spiro atoms. The highest BCUT2D eigenvalue weighted by molar-refractivity contribution is 7.92. The number of benzene rings is 2. The highest BCUT2D eigenvalue weighted by Crippen LogP contribution is 2.32. The van der Waals surface area contributed by atoms with E-state index in [1.807, 2.05) is 0 Å². The number of fused-ring (bicyclic) bond motifs is 1. The summed E-state index contributed by atoms with van der Waals surface area (Å²) in [4.78, 5) is 12.9. The van der Waals surface area contributed by atoms with Crippen molar-refractivity contribution in [3.05, 3.63) is 53.6 Å². The van der Waals surface area contributed by atoms with Crippen LogP contribution in [0.4, 0.5) is 11.4 Å². The molecule has 1 amide bonds. The summed E-state index contributed by atoms with van der Waals surface area (Å²) in [6.07, 6.45) is 4.22. The van der Waals surface area contributed by atoms with Gasteiger partial charge in [0.05, 0.1) is 16.3 Å². The van der Waals surface area contributed by atoms with Gasteiger partial charge in [0.2, 0.25) is 20.0 Å². The van der Waals surface area contributed by atoms with Crippen molar-refractivity contribution < 1.29 is 21.6 Å². The molecule has 33 heavy (non-hydrogen) atoms. The Morgan fingerprint density at radius 2 is 1.61 bits per heavy atom. The molecule has 2 aliphatic rings. The Kier molecular flexibility index (Phi) is 6.78. The van der Waals surface area contributed by atoms with Crippen LogP contribution in [0.1, 0.15) is 48.5 Å². The molecule has 2 aromatic rings. The molecular weight excluding hydrogens is 462 g/mol. The van der Waals surface area contributed by atoms with Gasteiger partial charge in [-0.15, -0.1) is 0 Å². The summed E-state index contributed by atoms with van der Waals surface area (Å²) >= 11 is 0. The quantitative estimate of drug-likeness (QED) is 0.668. The van der Waals surface area contributed by atoms with Crippen molar-refractivity contribution in [2.24, 2.45) is 0 Å². The van der Waals surface area contributed by atoms with Crippen molar-refractivity contribution in [3.63, 3.8) is 0 Å². The summed E-state index contributed by atoms with van der Waals surface area (Å²) in [7, 11) is -6.89. The number of carbonyl (C=O) groups excluding carboxylic acids is 1. The average Bonchev–Trinajstić information content (AvgIpc) is 2.84. The number of carbonyl (C=O) groups is 1. The molecule has 1 fully saturated rings. The molecule has 178 valence electrons. The second kappa shape index (κ2) is 9.44. The van der Waals surface area contributed by atoms with Gasteiger partial charge in [-0.05, 0) is 80.6 Å². The molecule has 0 unspecified atom stereocenters. The Morgan fingerprint density at radius 3 is 2.27 bits per heavy atom. The van der Waals surface area contributed by atoms with Crippen LogP contribution in [0.2, 0.25) is 0 Å². The van der Waals surface area contributed by atoms with Gasteiger partial charge in [-0.1, -0.05) is 6.42 Å². The summed E-state index contributed by atoms with van der Waals surface area (Å²) in [6.45, 7) is 3.14. The normalized spacial score (nSPS) is 17.4. The number of piperidine rings is 1. The largest absolute Gasteiger partial charge is 0.322 e. The topological polar surface area (TPSA) is 104 Å². The standard InChI is InChI=1S/C23H29N3O5S2/c1-2-32(28,29)26-16-6-7-19-17-20(10-13-22(19)26)24-23(27)18-8-11-21(12-9-18)33(30,31)25-14-4-3-5-15-25/h8-13,17H,2-7,14-16H2,1H3,(H,24,27). The van der Waals surface area contributed by atoms with Crippen LogP contribution in [0, 0.1) is 0 Å². The maximum Gasteiger partial charge on any atom is 0.255 e. The van der Waals surface area contributed by atoms with E-state index in [-0.39, 0.29) is 16.6 Å². The lowest BCUT2D eigenvalue weighted by Crippen LogP contribution is -2.36. The number of aryl methyl sites for hydroxylation is 1. The van der Waals surface area contributed by atoms with E-state index in [0.29, 0.717) is 36.6 Å². The smallest absolute Gasteiger partial charge is 0.255 e. The van der Waals surface area contributed by atoms with Gasteiger partial charge in [-0.25, -0.2) is 16.8 Å². The zero-order valence-corrected chi connectivity index (χ0v) is 20.3. The molecule has 8 nitrogen and oxygen atoms in total. The van der Waals surface area contributed by atoms with Gasteiger partial charge >= 0.3 is 0 Å². The average molecular weight is 492 g/mol. The molecule has 2 aromatic carbocycles. The number of sulfonamides is 2. The molecule has 0 saturated carbocycles. The third-order valence-corrected chi connectivity index (χ3v) is 9.88. The number of nitrogens with one attached hydrogen (secondary N) is 1. The van der Waals surface area contributed by atoms with Crippen LogP contribution < -0.4 is 9.62 Å². The zero-order chi connectivity index (χ0) is 23.6. The van der Waals surface area contributed by atoms with Crippen molar-refractivity contribution in [2.75, 3.05) is 35.0 Å². The molecule has 0 aromatic heterocycles. The van der Waals surface area contributed by atoms with Crippen LogP contribution in [0.5, 0.6) is 0 Å². The zero-order valence-electron chi connectivity index (χ0n) is 18.7. The molecular formula is C23H29N3O5S2. The number of hydrogen-bond donors (Lipinski definition) is 1. The third kappa shape index (κ3) is 4.92. The molecule has 0 bridgehead atoms. The second-order valence-electron chi connectivity index (χ2n) is 8.36. The highest BCUT2D eigenvalue weighted by Gasteiger charge is 2.27. The molecule has 2 heterocycles. The number of anilines is 2. The number of amides is 1. The first-order valence-electron chi connectivity index (χ1n) is 11.3. The van der Waals surface area contributed by atoms with E-state index in [1.165, 1.54) is 32.9 Å². The van der Waals surface area contributed by atoms with E-state index in [9.17, 15) is 21.6 Å². The first kappa shape index (κ1) is 23.7. The fraction of sp³-hybridized carbons (Fsp3) is 0.435. The maximum atomic E-state index is 12.8. The lowest BCUT2D eigenvalue weighted by molar-refractivity contribution is 0.102. The van der Waals surface area contributed by atoms with Crippen LogP contribution in [0.15, 0.2) is 47.4 Å². The molecule has 1 saturated heterocycles. The van der Waals surface area contributed by atoms with Crippen molar-refractivity contribution >= 4 is 37.3 Å². The van der Waals surface area contributed by atoms with Crippen LogP contribution in [-0.4, -0.2) is 52.4 Å². The molecule has 1 N–H and O–H groups in total. The summed E-state index contributed by atoms with van der Waals surface area (Å²) in [5.74, 6) is -0.320. The van der Waals surface area contributed by atoms with Gasteiger partial charge in [0.15, 0.2) is 0 Å². The van der Waals surface area contributed by atoms with Crippen molar-refractivity contribution in [1.82, 2.24) is 4.31 Å². The van der Waals surface area contributed by atoms with E-state index in [4.69, 9.17) is 0 Å². The summed E-state index contributed by atoms with van der Waals surface area (Å²) in [6, 6.07) is 11.2. The minimum atomic E-state index is -3.55. The van der Waals surface area contributed by atoms with Crippen LogP contribution >= 0.6 is 0 Å². The van der Waals surface area contributed by atoms with E-state index in [2.05, 4.69) is 5.32 Å². The van der Waals surface area contributed by atoms with Crippen molar-refractivity contribution in [3.8, 4) is 0 Å². The van der Waals surface area contributed by atoms with Gasteiger partial charge < -0.3 is 5.32 Å². The minimum absolute atomic E-state index is 0.0361. The maximum absolute atomic E-state index is 12.8. The van der Waals surface area contributed by atoms with Gasteiger partial charge in [0.25, 0.3) is 5.91 Å². The Morgan fingerprint density at radius 1 is 0.909 bits per heavy atom. The summed E-state index contributed by atoms with van der Waals surface area (Å²) < 4.78 is 53.3. The molecule has 0 aliphatic carbocycles. The first-order chi connectivity index (χ1) is 15.7. The first-order valence-corrected chi connectivity index (χ1v) is 14.3. The molecule has 10 heteroatoms.